The van der Waals surface area contributed by atoms with Crippen molar-refractivity contribution >= 4 is 23.5 Å². The highest BCUT2D eigenvalue weighted by molar-refractivity contribution is 6.30. The molecule has 1 unspecified atom stereocenters. The molecule has 1 amide bonds. The zero-order valence-corrected chi connectivity index (χ0v) is 11.7. The number of amides is 1. The molecule has 6 nitrogen and oxygen atoms in total. The van der Waals surface area contributed by atoms with E-state index in [1.165, 1.54) is 7.11 Å². The fourth-order valence-corrected chi connectivity index (χ4v) is 1.61. The van der Waals surface area contributed by atoms with Gasteiger partial charge in [0.15, 0.2) is 6.04 Å². The molecule has 20 heavy (non-hydrogen) atoms. The molecule has 0 saturated carbocycles. The van der Waals surface area contributed by atoms with Gasteiger partial charge >= 0.3 is 5.97 Å². The van der Waals surface area contributed by atoms with E-state index < -0.39 is 17.9 Å². The summed E-state index contributed by atoms with van der Waals surface area (Å²) in [5, 5.41) is 11.7. The Bertz CT molecular complexity index is 466. The molecule has 0 aliphatic carbocycles. The van der Waals surface area contributed by atoms with Crippen molar-refractivity contribution in [3.63, 3.8) is 0 Å². The monoisotopic (exact) mass is 301 g/mol. The molecule has 7 heteroatoms. The average molecular weight is 302 g/mol. The summed E-state index contributed by atoms with van der Waals surface area (Å²) in [4.78, 5) is 22.4. The normalized spacial score (nSPS) is 11.7. The Labute approximate surface area is 121 Å². The van der Waals surface area contributed by atoms with Crippen LogP contribution in [-0.2, 0) is 14.3 Å². The maximum atomic E-state index is 11.6. The molecule has 1 rings (SSSR count). The predicted octanol–water partition coefficient (Wildman–Crippen LogP) is 1.32. The molecule has 2 N–H and O–H groups in total. The quantitative estimate of drug-likeness (QED) is 0.756. The number of aliphatic carboxylic acids is 1. The number of carboxylic acids is 1. The Hall–Kier alpha value is -1.79. The summed E-state index contributed by atoms with van der Waals surface area (Å²) in [5.41, 5.74) is 0. The lowest BCUT2D eigenvalue weighted by Crippen LogP contribution is -2.44. The van der Waals surface area contributed by atoms with E-state index in [4.69, 9.17) is 26.2 Å². The largest absolute Gasteiger partial charge is 0.493 e. The van der Waals surface area contributed by atoms with Crippen molar-refractivity contribution in [2.24, 2.45) is 0 Å². The van der Waals surface area contributed by atoms with Crippen LogP contribution in [0.4, 0.5) is 0 Å². The second-order valence-electron chi connectivity index (χ2n) is 3.97. The van der Waals surface area contributed by atoms with Crippen LogP contribution < -0.4 is 10.1 Å². The lowest BCUT2D eigenvalue weighted by molar-refractivity contribution is -0.143. The first-order valence-electron chi connectivity index (χ1n) is 5.92. The van der Waals surface area contributed by atoms with E-state index in [1.807, 2.05) is 0 Å². The van der Waals surface area contributed by atoms with Gasteiger partial charge in [-0.2, -0.15) is 0 Å². The lowest BCUT2D eigenvalue weighted by Gasteiger charge is -2.13. The van der Waals surface area contributed by atoms with Crippen molar-refractivity contribution < 1.29 is 24.2 Å². The highest BCUT2D eigenvalue weighted by atomic mass is 35.5. The summed E-state index contributed by atoms with van der Waals surface area (Å²) in [6.07, 6.45) is 0.0417. The zero-order chi connectivity index (χ0) is 15.0. The molecule has 1 atom stereocenters. The van der Waals surface area contributed by atoms with Crippen LogP contribution in [0, 0.1) is 0 Å². The van der Waals surface area contributed by atoms with Gasteiger partial charge in [-0.3, -0.25) is 4.79 Å². The number of nitrogens with one attached hydrogen (secondary N) is 1. The van der Waals surface area contributed by atoms with Gasteiger partial charge in [0.1, 0.15) is 5.75 Å². The van der Waals surface area contributed by atoms with Crippen LogP contribution in [-0.4, -0.2) is 43.3 Å². The molecule has 0 aliphatic rings. The molecular formula is C13H16ClNO5. The topological polar surface area (TPSA) is 84.9 Å². The Balaban J connectivity index is 2.34. The van der Waals surface area contributed by atoms with Gasteiger partial charge in [-0.15, -0.1) is 0 Å². The minimum atomic E-state index is -1.14. The fourth-order valence-electron chi connectivity index (χ4n) is 1.43. The second-order valence-corrected chi connectivity index (χ2v) is 4.41. The highest BCUT2D eigenvalue weighted by Crippen LogP contribution is 2.17. The van der Waals surface area contributed by atoms with Crippen LogP contribution >= 0.6 is 11.6 Å². The Morgan fingerprint density at radius 3 is 2.80 bits per heavy atom. The summed E-state index contributed by atoms with van der Waals surface area (Å²) in [5.74, 6) is -1.01. The van der Waals surface area contributed by atoms with Crippen LogP contribution in [0.1, 0.15) is 6.42 Å². The van der Waals surface area contributed by atoms with Crippen molar-refractivity contribution in [1.29, 1.82) is 0 Å². The van der Waals surface area contributed by atoms with E-state index >= 15 is 0 Å². The standard InChI is InChI=1S/C13H16ClNO5/c1-19-8-11(13(17)18)15-12(16)5-6-20-10-4-2-3-9(14)7-10/h2-4,7,11H,5-6,8H2,1H3,(H,15,16)(H,17,18). The van der Waals surface area contributed by atoms with Crippen LogP contribution in [0.15, 0.2) is 24.3 Å². The average Bonchev–Trinajstić information content (AvgIpc) is 2.38. The third-order valence-corrected chi connectivity index (χ3v) is 2.60. The van der Waals surface area contributed by atoms with Crippen molar-refractivity contribution in [2.75, 3.05) is 20.3 Å². The van der Waals surface area contributed by atoms with Crippen molar-refractivity contribution in [2.45, 2.75) is 12.5 Å². The summed E-state index contributed by atoms with van der Waals surface area (Å²) in [6.45, 7) is 0.0434. The van der Waals surface area contributed by atoms with Gasteiger partial charge in [-0.1, -0.05) is 17.7 Å². The van der Waals surface area contributed by atoms with E-state index in [9.17, 15) is 9.59 Å². The molecule has 0 aromatic heterocycles. The van der Waals surface area contributed by atoms with E-state index in [0.717, 1.165) is 0 Å². The maximum absolute atomic E-state index is 11.6. The van der Waals surface area contributed by atoms with Crippen LogP contribution in [0.2, 0.25) is 5.02 Å². The molecule has 0 bridgehead atoms. The van der Waals surface area contributed by atoms with E-state index in [1.54, 1.807) is 24.3 Å². The fraction of sp³-hybridized carbons (Fsp3) is 0.385. The zero-order valence-electron chi connectivity index (χ0n) is 11.0. The molecule has 1 aromatic carbocycles. The summed E-state index contributed by atoms with van der Waals surface area (Å²) >= 11 is 5.79. The first kappa shape index (κ1) is 16.3. The molecule has 0 radical (unpaired) electrons. The maximum Gasteiger partial charge on any atom is 0.328 e. The predicted molar refractivity (Wildman–Crippen MR) is 73.0 cm³/mol. The minimum Gasteiger partial charge on any atom is -0.493 e. The first-order chi connectivity index (χ1) is 9.52. The molecule has 0 fully saturated rings. The number of carbonyl (C=O) groups excluding carboxylic acids is 1. The van der Waals surface area contributed by atoms with Crippen molar-refractivity contribution in [3.8, 4) is 5.75 Å². The van der Waals surface area contributed by atoms with Crippen LogP contribution in [0.25, 0.3) is 0 Å². The van der Waals surface area contributed by atoms with Gasteiger partial charge in [-0.05, 0) is 18.2 Å². The van der Waals surface area contributed by atoms with Crippen molar-refractivity contribution in [3.05, 3.63) is 29.3 Å². The number of ether oxygens (including phenoxy) is 2. The second kappa shape index (κ2) is 8.39. The number of rotatable bonds is 8. The highest BCUT2D eigenvalue weighted by Gasteiger charge is 2.19. The number of hydrogen-bond donors (Lipinski definition) is 2. The molecule has 1 aromatic rings. The number of methoxy groups -OCH3 is 1. The van der Waals surface area contributed by atoms with Crippen LogP contribution in [0.5, 0.6) is 5.75 Å². The van der Waals surface area contributed by atoms with Gasteiger partial charge in [0.2, 0.25) is 5.91 Å². The number of hydrogen-bond acceptors (Lipinski definition) is 4. The number of carbonyl (C=O) groups is 2. The number of halogens is 1. The van der Waals surface area contributed by atoms with Crippen molar-refractivity contribution in [1.82, 2.24) is 5.32 Å². The number of benzene rings is 1. The van der Waals surface area contributed by atoms with Gasteiger partial charge in [-0.25, -0.2) is 4.79 Å². The molecule has 0 heterocycles. The molecular weight excluding hydrogens is 286 g/mol. The van der Waals surface area contributed by atoms with Gasteiger partial charge in [0, 0.05) is 12.1 Å². The summed E-state index contributed by atoms with van der Waals surface area (Å²) < 4.78 is 10.0. The van der Waals surface area contributed by atoms with Gasteiger partial charge in [0.05, 0.1) is 19.6 Å². The minimum absolute atomic E-state index is 0.0417. The Morgan fingerprint density at radius 2 is 2.20 bits per heavy atom. The van der Waals surface area contributed by atoms with E-state index in [2.05, 4.69) is 5.32 Å². The summed E-state index contributed by atoms with van der Waals surface area (Å²) in [6, 6.07) is 5.73. The molecule has 0 saturated heterocycles. The molecule has 0 spiro atoms. The van der Waals surface area contributed by atoms with E-state index in [-0.39, 0.29) is 19.6 Å². The molecule has 110 valence electrons. The Morgan fingerprint density at radius 1 is 1.45 bits per heavy atom. The third kappa shape index (κ3) is 5.90. The van der Waals surface area contributed by atoms with Crippen LogP contribution in [0.3, 0.4) is 0 Å². The first-order valence-corrected chi connectivity index (χ1v) is 6.30. The SMILES string of the molecule is COCC(NC(=O)CCOc1cccc(Cl)c1)C(=O)O. The molecule has 0 aliphatic heterocycles. The number of carboxylic acid groups (broad SMARTS) is 1. The third-order valence-electron chi connectivity index (χ3n) is 2.36. The Kier molecular flexibility index (Phi) is 6.83. The summed E-state index contributed by atoms with van der Waals surface area (Å²) in [7, 11) is 1.37. The van der Waals surface area contributed by atoms with E-state index in [0.29, 0.717) is 10.8 Å². The smallest absolute Gasteiger partial charge is 0.328 e. The van der Waals surface area contributed by atoms with Gasteiger partial charge < -0.3 is 19.9 Å². The lowest BCUT2D eigenvalue weighted by atomic mass is 10.3. The van der Waals surface area contributed by atoms with Gasteiger partial charge in [0.25, 0.3) is 0 Å².